The molecule has 0 spiro atoms. The van der Waals surface area contributed by atoms with E-state index < -0.39 is 12.1 Å². The van der Waals surface area contributed by atoms with Crippen molar-refractivity contribution in [1.29, 1.82) is 5.26 Å². The van der Waals surface area contributed by atoms with Crippen molar-refractivity contribution < 1.29 is 13.2 Å². The van der Waals surface area contributed by atoms with Crippen molar-refractivity contribution in [3.05, 3.63) is 28.8 Å². The Labute approximate surface area is 114 Å². The molecule has 19 heavy (non-hydrogen) atoms. The van der Waals surface area contributed by atoms with E-state index >= 15 is 0 Å². The van der Waals surface area contributed by atoms with Gasteiger partial charge in [0.2, 0.25) is 0 Å². The number of hydrogen-bond acceptors (Lipinski definition) is 2. The van der Waals surface area contributed by atoms with Crippen LogP contribution in [0.3, 0.4) is 0 Å². The van der Waals surface area contributed by atoms with Gasteiger partial charge in [0, 0.05) is 13.1 Å². The number of anilines is 1. The van der Waals surface area contributed by atoms with Gasteiger partial charge in [0.25, 0.3) is 0 Å². The Balaban J connectivity index is 2.28. The van der Waals surface area contributed by atoms with E-state index in [9.17, 15) is 13.2 Å². The van der Waals surface area contributed by atoms with Crippen LogP contribution in [0, 0.1) is 17.2 Å². The fourth-order valence-corrected chi connectivity index (χ4v) is 2.56. The van der Waals surface area contributed by atoms with E-state index in [2.05, 4.69) is 0 Å². The third-order valence-electron chi connectivity index (χ3n) is 3.33. The number of nitrogens with zero attached hydrogens (tertiary/aromatic N) is 2. The predicted octanol–water partition coefficient (Wildman–Crippen LogP) is 3.99. The van der Waals surface area contributed by atoms with Crippen LogP contribution in [0.1, 0.15) is 18.4 Å². The summed E-state index contributed by atoms with van der Waals surface area (Å²) >= 11 is 5.90. The lowest BCUT2D eigenvalue weighted by Gasteiger charge is -2.35. The number of alkyl halides is 3. The van der Waals surface area contributed by atoms with Crippen molar-refractivity contribution in [2.45, 2.75) is 19.0 Å². The number of halogens is 4. The topological polar surface area (TPSA) is 27.0 Å². The second kappa shape index (κ2) is 5.30. The Morgan fingerprint density at radius 1 is 1.37 bits per heavy atom. The number of nitriles is 1. The molecule has 6 heteroatoms. The zero-order valence-electron chi connectivity index (χ0n) is 10.0. The van der Waals surface area contributed by atoms with Crippen molar-refractivity contribution >= 4 is 17.3 Å². The molecule has 1 aromatic carbocycles. The molecule has 1 unspecified atom stereocenters. The monoisotopic (exact) mass is 288 g/mol. The lowest BCUT2D eigenvalue weighted by atomic mass is 9.96. The molecule has 1 saturated heterocycles. The van der Waals surface area contributed by atoms with E-state index in [4.69, 9.17) is 16.9 Å². The van der Waals surface area contributed by atoms with Gasteiger partial charge in [-0.05, 0) is 25.0 Å². The molecule has 0 N–H and O–H groups in total. The van der Waals surface area contributed by atoms with Crippen molar-refractivity contribution in [3.63, 3.8) is 0 Å². The molecule has 2 rings (SSSR count). The SMILES string of the molecule is N#Cc1c(Cl)cccc1N1CCCC(C(F)(F)F)C1. The summed E-state index contributed by atoms with van der Waals surface area (Å²) in [5.41, 5.74) is 0.732. The van der Waals surface area contributed by atoms with Gasteiger partial charge in [-0.25, -0.2) is 0 Å². The molecule has 0 amide bonds. The first-order valence-corrected chi connectivity index (χ1v) is 6.31. The number of rotatable bonds is 1. The van der Waals surface area contributed by atoms with Gasteiger partial charge in [0.05, 0.1) is 22.2 Å². The summed E-state index contributed by atoms with van der Waals surface area (Å²) in [6, 6.07) is 6.81. The molecule has 1 fully saturated rings. The van der Waals surface area contributed by atoms with Crippen LogP contribution < -0.4 is 4.90 Å². The fourth-order valence-electron chi connectivity index (χ4n) is 2.35. The van der Waals surface area contributed by atoms with Gasteiger partial charge >= 0.3 is 6.18 Å². The highest BCUT2D eigenvalue weighted by Crippen LogP contribution is 2.36. The Morgan fingerprint density at radius 2 is 2.11 bits per heavy atom. The van der Waals surface area contributed by atoms with Crippen molar-refractivity contribution in [2.75, 3.05) is 18.0 Å². The highest BCUT2D eigenvalue weighted by atomic mass is 35.5. The van der Waals surface area contributed by atoms with E-state index in [1.54, 1.807) is 23.1 Å². The first-order valence-electron chi connectivity index (χ1n) is 5.93. The van der Waals surface area contributed by atoms with Crippen LogP contribution in [0.5, 0.6) is 0 Å². The van der Waals surface area contributed by atoms with Gasteiger partial charge in [-0.2, -0.15) is 18.4 Å². The Morgan fingerprint density at radius 3 is 2.74 bits per heavy atom. The van der Waals surface area contributed by atoms with Crippen molar-refractivity contribution in [2.24, 2.45) is 5.92 Å². The molecule has 0 radical (unpaired) electrons. The van der Waals surface area contributed by atoms with E-state index in [1.807, 2.05) is 6.07 Å². The Bertz CT molecular complexity index is 508. The fraction of sp³-hybridized carbons (Fsp3) is 0.462. The Hall–Kier alpha value is -1.41. The molecule has 1 aromatic rings. The van der Waals surface area contributed by atoms with E-state index in [0.29, 0.717) is 18.7 Å². The van der Waals surface area contributed by atoms with Crippen LogP contribution in [0.4, 0.5) is 18.9 Å². The van der Waals surface area contributed by atoms with E-state index in [0.717, 1.165) is 0 Å². The molecule has 1 aliphatic rings. The van der Waals surface area contributed by atoms with Crippen LogP contribution in [0.25, 0.3) is 0 Å². The number of hydrogen-bond donors (Lipinski definition) is 0. The second-order valence-corrected chi connectivity index (χ2v) is 4.98. The van der Waals surface area contributed by atoms with Gasteiger partial charge < -0.3 is 4.90 Å². The molecule has 1 atom stereocenters. The summed E-state index contributed by atoms with van der Waals surface area (Å²) in [6.45, 7) is 0.403. The van der Waals surface area contributed by atoms with Gasteiger partial charge in [0.15, 0.2) is 0 Å². The molecular weight excluding hydrogens is 277 g/mol. The third kappa shape index (κ3) is 2.95. The normalized spacial score (nSPS) is 20.2. The highest BCUT2D eigenvalue weighted by molar-refractivity contribution is 6.32. The first-order chi connectivity index (χ1) is 8.93. The maximum atomic E-state index is 12.8. The third-order valence-corrected chi connectivity index (χ3v) is 3.64. The van der Waals surface area contributed by atoms with E-state index in [1.165, 1.54) is 0 Å². The maximum Gasteiger partial charge on any atom is 0.393 e. The lowest BCUT2D eigenvalue weighted by Crippen LogP contribution is -2.42. The highest BCUT2D eigenvalue weighted by Gasteiger charge is 2.42. The average molecular weight is 289 g/mol. The summed E-state index contributed by atoms with van der Waals surface area (Å²) in [5.74, 6) is -1.34. The van der Waals surface area contributed by atoms with E-state index in [-0.39, 0.29) is 23.6 Å². The lowest BCUT2D eigenvalue weighted by molar-refractivity contribution is -0.175. The standard InChI is InChI=1S/C13H12ClF3N2/c14-11-4-1-5-12(10(11)7-18)19-6-2-3-9(8-19)13(15,16)17/h1,4-5,9H,2-3,6,8H2. The molecular formula is C13H12ClF3N2. The van der Waals surface area contributed by atoms with Crippen molar-refractivity contribution in [1.82, 2.24) is 0 Å². The molecule has 1 heterocycles. The minimum absolute atomic E-state index is 0.113. The van der Waals surface area contributed by atoms with Crippen LogP contribution in [-0.2, 0) is 0 Å². The number of benzene rings is 1. The zero-order chi connectivity index (χ0) is 14.0. The smallest absolute Gasteiger partial charge is 0.370 e. The van der Waals surface area contributed by atoms with Crippen LogP contribution in [-0.4, -0.2) is 19.3 Å². The first kappa shape index (κ1) is 14.0. The summed E-state index contributed by atoms with van der Waals surface area (Å²) in [6.07, 6.45) is -3.59. The molecule has 0 aliphatic carbocycles. The number of piperidine rings is 1. The molecule has 0 saturated carbocycles. The summed E-state index contributed by atoms with van der Waals surface area (Å²) in [5, 5.41) is 9.34. The zero-order valence-corrected chi connectivity index (χ0v) is 10.8. The van der Waals surface area contributed by atoms with Gasteiger partial charge in [-0.3, -0.25) is 0 Å². The maximum absolute atomic E-state index is 12.8. The minimum atomic E-state index is -4.19. The molecule has 102 valence electrons. The second-order valence-electron chi connectivity index (χ2n) is 4.57. The van der Waals surface area contributed by atoms with Gasteiger partial charge in [0.1, 0.15) is 6.07 Å². The van der Waals surface area contributed by atoms with Crippen molar-refractivity contribution in [3.8, 4) is 6.07 Å². The quantitative estimate of drug-likeness (QED) is 0.781. The molecule has 2 nitrogen and oxygen atoms in total. The summed E-state index contributed by atoms with van der Waals surface area (Å²) in [4.78, 5) is 1.60. The van der Waals surface area contributed by atoms with Crippen LogP contribution in [0.15, 0.2) is 18.2 Å². The minimum Gasteiger partial charge on any atom is -0.370 e. The molecule has 0 aromatic heterocycles. The summed E-state index contributed by atoms with van der Waals surface area (Å²) in [7, 11) is 0. The van der Waals surface area contributed by atoms with Crippen LogP contribution in [0.2, 0.25) is 5.02 Å². The van der Waals surface area contributed by atoms with Crippen LogP contribution >= 0.6 is 11.6 Å². The van der Waals surface area contributed by atoms with Gasteiger partial charge in [-0.15, -0.1) is 0 Å². The molecule has 0 bridgehead atoms. The van der Waals surface area contributed by atoms with Gasteiger partial charge in [-0.1, -0.05) is 17.7 Å². The Kier molecular flexibility index (Phi) is 3.91. The summed E-state index contributed by atoms with van der Waals surface area (Å²) < 4.78 is 38.3. The predicted molar refractivity (Wildman–Crippen MR) is 67.2 cm³/mol. The average Bonchev–Trinajstić information content (AvgIpc) is 2.37. The largest absolute Gasteiger partial charge is 0.393 e. The molecule has 1 aliphatic heterocycles.